The number of nitrogens with one attached hydrogen (secondary N) is 2. The van der Waals surface area contributed by atoms with Crippen molar-refractivity contribution < 1.29 is 0 Å². The monoisotopic (exact) mass is 326 g/mol. The maximum atomic E-state index is 4.69. The third-order valence-corrected chi connectivity index (χ3v) is 3.92. The summed E-state index contributed by atoms with van der Waals surface area (Å²) >= 11 is 0. The molecule has 2 aromatic rings. The molecule has 4 nitrogen and oxygen atoms in total. The molecule has 1 aromatic carbocycles. The standard InChI is InChI=1S/C20H30N4/c1-5-21-19(22-14-18-11-12-24(4)15-18)23-16-20(2,3)13-17-9-7-6-8-10-17/h6-12,15H,5,13-14,16H2,1-4H3,(H2,21,22,23). The van der Waals surface area contributed by atoms with E-state index in [4.69, 9.17) is 0 Å². The first-order chi connectivity index (χ1) is 11.5. The lowest BCUT2D eigenvalue weighted by Gasteiger charge is -2.26. The second-order valence-electron chi connectivity index (χ2n) is 7.06. The van der Waals surface area contributed by atoms with E-state index in [-0.39, 0.29) is 5.41 Å². The van der Waals surface area contributed by atoms with Gasteiger partial charge in [0.05, 0.1) is 6.54 Å². The third kappa shape index (κ3) is 6.11. The molecule has 0 spiro atoms. The first-order valence-corrected chi connectivity index (χ1v) is 8.65. The van der Waals surface area contributed by atoms with Crippen LogP contribution in [0.1, 0.15) is 31.9 Å². The van der Waals surface area contributed by atoms with Crippen molar-refractivity contribution in [2.45, 2.75) is 33.7 Å². The molecule has 0 unspecified atom stereocenters. The Hall–Kier alpha value is -2.23. The number of aromatic nitrogens is 1. The van der Waals surface area contributed by atoms with Crippen LogP contribution in [0.4, 0.5) is 0 Å². The minimum Gasteiger partial charge on any atom is -0.357 e. The molecule has 2 rings (SSSR count). The number of hydrogen-bond acceptors (Lipinski definition) is 1. The Morgan fingerprint density at radius 1 is 1.08 bits per heavy atom. The molecule has 4 heteroatoms. The molecule has 0 aliphatic heterocycles. The smallest absolute Gasteiger partial charge is 0.191 e. The van der Waals surface area contributed by atoms with Crippen molar-refractivity contribution in [3.05, 3.63) is 59.9 Å². The molecular weight excluding hydrogens is 296 g/mol. The summed E-state index contributed by atoms with van der Waals surface area (Å²) < 4.78 is 2.05. The van der Waals surface area contributed by atoms with Crippen LogP contribution in [0.5, 0.6) is 0 Å². The maximum absolute atomic E-state index is 4.69. The fraction of sp³-hybridized carbons (Fsp3) is 0.450. The number of aliphatic imine (C=N–C) groups is 1. The van der Waals surface area contributed by atoms with Crippen molar-refractivity contribution in [3.8, 4) is 0 Å². The first kappa shape index (κ1) is 18.1. The molecule has 0 bridgehead atoms. The number of rotatable bonds is 7. The average molecular weight is 326 g/mol. The van der Waals surface area contributed by atoms with Crippen molar-refractivity contribution in [1.29, 1.82) is 0 Å². The van der Waals surface area contributed by atoms with Crippen molar-refractivity contribution in [2.75, 3.05) is 13.1 Å². The molecule has 130 valence electrons. The molecule has 24 heavy (non-hydrogen) atoms. The number of benzene rings is 1. The maximum Gasteiger partial charge on any atom is 0.191 e. The Morgan fingerprint density at radius 2 is 1.83 bits per heavy atom. The van der Waals surface area contributed by atoms with E-state index in [1.807, 2.05) is 17.8 Å². The molecule has 0 saturated heterocycles. The summed E-state index contributed by atoms with van der Waals surface area (Å²) in [6, 6.07) is 12.8. The van der Waals surface area contributed by atoms with E-state index >= 15 is 0 Å². The van der Waals surface area contributed by atoms with Gasteiger partial charge in [-0.3, -0.25) is 0 Å². The van der Waals surface area contributed by atoms with Crippen LogP contribution in [0.2, 0.25) is 0 Å². The lowest BCUT2D eigenvalue weighted by molar-refractivity contribution is 0.359. The summed E-state index contributed by atoms with van der Waals surface area (Å²) in [4.78, 5) is 4.69. The van der Waals surface area contributed by atoms with Gasteiger partial charge in [-0.15, -0.1) is 0 Å². The zero-order valence-corrected chi connectivity index (χ0v) is 15.3. The minimum absolute atomic E-state index is 0.157. The summed E-state index contributed by atoms with van der Waals surface area (Å²) in [6.45, 7) is 9.09. The van der Waals surface area contributed by atoms with Gasteiger partial charge in [0.15, 0.2) is 5.96 Å². The minimum atomic E-state index is 0.157. The van der Waals surface area contributed by atoms with Crippen LogP contribution in [0, 0.1) is 5.41 Å². The Labute approximate surface area is 146 Å². The molecule has 0 radical (unpaired) electrons. The van der Waals surface area contributed by atoms with E-state index < -0.39 is 0 Å². The zero-order chi connectivity index (χ0) is 17.4. The molecule has 0 atom stereocenters. The lowest BCUT2D eigenvalue weighted by atomic mass is 9.86. The summed E-state index contributed by atoms with van der Waals surface area (Å²) in [7, 11) is 2.03. The largest absolute Gasteiger partial charge is 0.357 e. The highest BCUT2D eigenvalue weighted by atomic mass is 15.2. The van der Waals surface area contributed by atoms with Gasteiger partial charge in [0, 0.05) is 32.5 Å². The second-order valence-corrected chi connectivity index (χ2v) is 7.06. The predicted molar refractivity (Wildman–Crippen MR) is 102 cm³/mol. The molecule has 0 saturated carbocycles. The van der Waals surface area contributed by atoms with Gasteiger partial charge in [-0.05, 0) is 36.0 Å². The predicted octanol–water partition coefficient (Wildman–Crippen LogP) is 3.35. The van der Waals surface area contributed by atoms with Crippen molar-refractivity contribution in [1.82, 2.24) is 15.2 Å². The summed E-state index contributed by atoms with van der Waals surface area (Å²) in [6.07, 6.45) is 5.19. The highest BCUT2D eigenvalue weighted by Gasteiger charge is 2.19. The van der Waals surface area contributed by atoms with Crippen LogP contribution in [0.15, 0.2) is 53.8 Å². The van der Waals surface area contributed by atoms with Crippen LogP contribution in [0.3, 0.4) is 0 Å². The second kappa shape index (κ2) is 8.57. The van der Waals surface area contributed by atoms with Gasteiger partial charge in [-0.25, -0.2) is 4.99 Å². The molecular formula is C20H30N4. The molecule has 0 aliphatic rings. The lowest BCUT2D eigenvalue weighted by Crippen LogP contribution is -2.42. The molecule has 0 fully saturated rings. The fourth-order valence-corrected chi connectivity index (χ4v) is 2.70. The number of aryl methyl sites for hydroxylation is 1. The van der Waals surface area contributed by atoms with Crippen molar-refractivity contribution in [2.24, 2.45) is 17.5 Å². The highest BCUT2D eigenvalue weighted by molar-refractivity contribution is 5.79. The molecule has 0 amide bonds. The molecule has 2 N–H and O–H groups in total. The average Bonchev–Trinajstić information content (AvgIpc) is 2.96. The van der Waals surface area contributed by atoms with Gasteiger partial charge >= 0.3 is 0 Å². The van der Waals surface area contributed by atoms with E-state index in [1.165, 1.54) is 11.1 Å². The number of guanidine groups is 1. The van der Waals surface area contributed by atoms with E-state index in [1.54, 1.807) is 0 Å². The number of nitrogens with zero attached hydrogens (tertiary/aromatic N) is 2. The normalized spacial score (nSPS) is 12.2. The van der Waals surface area contributed by atoms with Crippen molar-refractivity contribution in [3.63, 3.8) is 0 Å². The fourth-order valence-electron chi connectivity index (χ4n) is 2.70. The van der Waals surface area contributed by atoms with Crippen molar-refractivity contribution >= 4 is 5.96 Å². The summed E-state index contributed by atoms with van der Waals surface area (Å²) in [5.74, 6) is 0.877. The van der Waals surface area contributed by atoms with Gasteiger partial charge in [-0.2, -0.15) is 0 Å². The summed E-state index contributed by atoms with van der Waals surface area (Å²) in [5.41, 5.74) is 2.75. The topological polar surface area (TPSA) is 41.4 Å². The van der Waals surface area contributed by atoms with E-state index in [9.17, 15) is 0 Å². The van der Waals surface area contributed by atoms with E-state index in [2.05, 4.69) is 79.0 Å². The van der Waals surface area contributed by atoms with Gasteiger partial charge in [0.25, 0.3) is 0 Å². The Morgan fingerprint density at radius 3 is 2.46 bits per heavy atom. The van der Waals surface area contributed by atoms with E-state index in [0.29, 0.717) is 6.54 Å². The van der Waals surface area contributed by atoms with Crippen LogP contribution in [0.25, 0.3) is 0 Å². The van der Waals surface area contributed by atoms with Crippen LogP contribution >= 0.6 is 0 Å². The SMILES string of the molecule is CCNC(=NCc1ccn(C)c1)NCC(C)(C)Cc1ccccc1. The molecule has 1 aromatic heterocycles. The van der Waals surface area contributed by atoms with Gasteiger partial charge in [-0.1, -0.05) is 44.2 Å². The first-order valence-electron chi connectivity index (χ1n) is 8.65. The van der Waals surface area contributed by atoms with Gasteiger partial charge in [0.1, 0.15) is 0 Å². The van der Waals surface area contributed by atoms with Gasteiger partial charge in [0.2, 0.25) is 0 Å². The van der Waals surface area contributed by atoms with Crippen LogP contribution in [-0.2, 0) is 20.0 Å². The van der Waals surface area contributed by atoms with Gasteiger partial charge < -0.3 is 15.2 Å². The zero-order valence-electron chi connectivity index (χ0n) is 15.3. The van der Waals surface area contributed by atoms with E-state index in [0.717, 1.165) is 25.5 Å². The van der Waals surface area contributed by atoms with Crippen LogP contribution in [-0.4, -0.2) is 23.6 Å². The third-order valence-electron chi connectivity index (χ3n) is 3.92. The van der Waals surface area contributed by atoms with Crippen LogP contribution < -0.4 is 10.6 Å². The highest BCUT2D eigenvalue weighted by Crippen LogP contribution is 2.20. The number of hydrogen-bond donors (Lipinski definition) is 2. The summed E-state index contributed by atoms with van der Waals surface area (Å²) in [5, 5.41) is 6.82. The molecule has 0 aliphatic carbocycles. The quantitative estimate of drug-likeness (QED) is 0.605. The Balaban J connectivity index is 1.91. The Kier molecular flexibility index (Phi) is 6.47. The Bertz CT molecular complexity index is 641. The molecule has 1 heterocycles.